The summed E-state index contributed by atoms with van der Waals surface area (Å²) in [5.41, 5.74) is 1.19. The SMILES string of the molecule is COc1ccc(CCNS(=O)(=O)c2ccc(NCCC(C)C)c(C(=O)O)c2)cc1OC. The van der Waals surface area contributed by atoms with Crippen molar-refractivity contribution in [3.8, 4) is 11.5 Å². The van der Waals surface area contributed by atoms with E-state index in [1.165, 1.54) is 25.3 Å². The van der Waals surface area contributed by atoms with Crippen LogP contribution in [0.4, 0.5) is 5.69 Å². The molecule has 3 N–H and O–H groups in total. The van der Waals surface area contributed by atoms with E-state index >= 15 is 0 Å². The second-order valence-electron chi connectivity index (χ2n) is 7.46. The third-order valence-corrected chi connectivity index (χ3v) is 6.18. The lowest BCUT2D eigenvalue weighted by molar-refractivity contribution is 0.0697. The maximum atomic E-state index is 12.7. The Kier molecular flexibility index (Phi) is 8.70. The van der Waals surface area contributed by atoms with Gasteiger partial charge in [0.1, 0.15) is 0 Å². The first-order valence-electron chi connectivity index (χ1n) is 9.99. The maximum Gasteiger partial charge on any atom is 0.337 e. The Bertz CT molecular complexity index is 1010. The quantitative estimate of drug-likeness (QED) is 0.454. The fourth-order valence-corrected chi connectivity index (χ4v) is 4.02. The van der Waals surface area contributed by atoms with E-state index in [0.29, 0.717) is 36.1 Å². The number of ether oxygens (including phenoxy) is 2. The second-order valence-corrected chi connectivity index (χ2v) is 9.23. The maximum absolute atomic E-state index is 12.7. The summed E-state index contributed by atoms with van der Waals surface area (Å²) >= 11 is 0. The molecule has 9 heteroatoms. The van der Waals surface area contributed by atoms with Crippen molar-refractivity contribution in [3.63, 3.8) is 0 Å². The minimum Gasteiger partial charge on any atom is -0.493 e. The van der Waals surface area contributed by atoms with E-state index < -0.39 is 16.0 Å². The van der Waals surface area contributed by atoms with E-state index in [1.54, 1.807) is 19.2 Å². The van der Waals surface area contributed by atoms with Gasteiger partial charge < -0.3 is 19.9 Å². The Morgan fingerprint density at radius 3 is 2.35 bits per heavy atom. The van der Waals surface area contributed by atoms with Crippen LogP contribution in [0, 0.1) is 5.92 Å². The number of carboxylic acid groups (broad SMARTS) is 1. The molecule has 8 nitrogen and oxygen atoms in total. The van der Waals surface area contributed by atoms with E-state index in [1.807, 2.05) is 6.07 Å². The van der Waals surface area contributed by atoms with Gasteiger partial charge in [-0.25, -0.2) is 17.9 Å². The molecule has 0 bridgehead atoms. The zero-order valence-corrected chi connectivity index (χ0v) is 19.1. The number of nitrogens with one attached hydrogen (secondary N) is 2. The van der Waals surface area contributed by atoms with Crippen LogP contribution in [0.25, 0.3) is 0 Å². The van der Waals surface area contributed by atoms with Gasteiger partial charge in [0, 0.05) is 18.8 Å². The fourth-order valence-electron chi connectivity index (χ4n) is 2.97. The number of hydrogen-bond donors (Lipinski definition) is 3. The summed E-state index contributed by atoms with van der Waals surface area (Å²) in [6.45, 7) is 4.90. The molecule has 0 amide bonds. The molecule has 0 spiro atoms. The van der Waals surface area contributed by atoms with Crippen LogP contribution in [0.15, 0.2) is 41.3 Å². The van der Waals surface area contributed by atoms with Crippen LogP contribution in [0.1, 0.15) is 36.2 Å². The lowest BCUT2D eigenvalue weighted by atomic mass is 10.1. The third kappa shape index (κ3) is 6.86. The van der Waals surface area contributed by atoms with E-state index in [9.17, 15) is 18.3 Å². The molecule has 170 valence electrons. The average molecular weight is 451 g/mol. The number of carboxylic acids is 1. The Balaban J connectivity index is 2.09. The van der Waals surface area contributed by atoms with Gasteiger partial charge in [0.25, 0.3) is 0 Å². The highest BCUT2D eigenvalue weighted by molar-refractivity contribution is 7.89. The van der Waals surface area contributed by atoms with Gasteiger partial charge in [0.15, 0.2) is 11.5 Å². The van der Waals surface area contributed by atoms with Crippen molar-refractivity contribution in [3.05, 3.63) is 47.5 Å². The summed E-state index contributed by atoms with van der Waals surface area (Å²) in [6, 6.07) is 9.45. The van der Waals surface area contributed by atoms with Crippen molar-refractivity contribution in [2.75, 3.05) is 32.6 Å². The smallest absolute Gasteiger partial charge is 0.337 e. The fraction of sp³-hybridized carbons (Fsp3) is 0.409. The molecule has 0 heterocycles. The Morgan fingerprint density at radius 2 is 1.74 bits per heavy atom. The van der Waals surface area contributed by atoms with Crippen molar-refractivity contribution in [2.24, 2.45) is 5.92 Å². The van der Waals surface area contributed by atoms with Gasteiger partial charge in [0.2, 0.25) is 10.0 Å². The molecule has 31 heavy (non-hydrogen) atoms. The summed E-state index contributed by atoms with van der Waals surface area (Å²) in [6.07, 6.45) is 1.30. The molecule has 0 fully saturated rings. The average Bonchev–Trinajstić information content (AvgIpc) is 2.73. The van der Waals surface area contributed by atoms with Crippen molar-refractivity contribution in [1.29, 1.82) is 0 Å². The molecule has 0 saturated heterocycles. The molecule has 0 aromatic heterocycles. The van der Waals surface area contributed by atoms with Gasteiger partial charge in [-0.3, -0.25) is 0 Å². The van der Waals surface area contributed by atoms with Crippen LogP contribution in [0.5, 0.6) is 11.5 Å². The molecule has 0 aliphatic rings. The number of aromatic carboxylic acids is 1. The van der Waals surface area contributed by atoms with Crippen LogP contribution >= 0.6 is 0 Å². The second kappa shape index (κ2) is 11.0. The highest BCUT2D eigenvalue weighted by atomic mass is 32.2. The Hall–Kier alpha value is -2.78. The normalized spacial score (nSPS) is 11.4. The van der Waals surface area contributed by atoms with Crippen molar-refractivity contribution < 1.29 is 27.8 Å². The molecule has 0 saturated carbocycles. The number of anilines is 1. The predicted octanol–water partition coefficient (Wildman–Crippen LogP) is 3.38. The molecular weight excluding hydrogens is 420 g/mol. The van der Waals surface area contributed by atoms with E-state index in [0.717, 1.165) is 12.0 Å². The number of benzene rings is 2. The topological polar surface area (TPSA) is 114 Å². The Morgan fingerprint density at radius 1 is 1.03 bits per heavy atom. The molecule has 2 rings (SSSR count). The summed E-state index contributed by atoms with van der Waals surface area (Å²) < 4.78 is 38.3. The van der Waals surface area contributed by atoms with Gasteiger partial charge >= 0.3 is 5.97 Å². The van der Waals surface area contributed by atoms with Crippen molar-refractivity contribution in [1.82, 2.24) is 4.72 Å². The lowest BCUT2D eigenvalue weighted by Gasteiger charge is -2.13. The van der Waals surface area contributed by atoms with Gasteiger partial charge in [0.05, 0.1) is 24.7 Å². The highest BCUT2D eigenvalue weighted by Gasteiger charge is 2.19. The van der Waals surface area contributed by atoms with Crippen LogP contribution in [0.3, 0.4) is 0 Å². The Labute approximate surface area is 183 Å². The highest BCUT2D eigenvalue weighted by Crippen LogP contribution is 2.27. The summed E-state index contributed by atoms with van der Waals surface area (Å²) in [4.78, 5) is 11.5. The lowest BCUT2D eigenvalue weighted by Crippen LogP contribution is -2.26. The zero-order chi connectivity index (χ0) is 23.0. The molecule has 2 aromatic carbocycles. The van der Waals surface area contributed by atoms with Gasteiger partial charge in [-0.15, -0.1) is 0 Å². The predicted molar refractivity (Wildman–Crippen MR) is 120 cm³/mol. The molecule has 0 unspecified atom stereocenters. The molecular formula is C22H30N2O6S. The molecule has 0 aliphatic heterocycles. The molecule has 0 radical (unpaired) electrons. The van der Waals surface area contributed by atoms with Crippen molar-refractivity contribution in [2.45, 2.75) is 31.6 Å². The third-order valence-electron chi connectivity index (χ3n) is 4.72. The van der Waals surface area contributed by atoms with Crippen LogP contribution in [-0.2, 0) is 16.4 Å². The minimum atomic E-state index is -3.86. The first kappa shape index (κ1) is 24.5. The molecule has 2 aromatic rings. The van der Waals surface area contributed by atoms with E-state index in [4.69, 9.17) is 9.47 Å². The van der Waals surface area contributed by atoms with Crippen LogP contribution in [0.2, 0.25) is 0 Å². The van der Waals surface area contributed by atoms with Gasteiger partial charge in [-0.1, -0.05) is 19.9 Å². The zero-order valence-electron chi connectivity index (χ0n) is 18.3. The van der Waals surface area contributed by atoms with Gasteiger partial charge in [-0.2, -0.15) is 0 Å². The first-order chi connectivity index (χ1) is 14.7. The molecule has 0 atom stereocenters. The monoisotopic (exact) mass is 450 g/mol. The van der Waals surface area contributed by atoms with Crippen LogP contribution < -0.4 is 19.5 Å². The first-order valence-corrected chi connectivity index (χ1v) is 11.5. The standard InChI is InChI=1S/C22H30N2O6S/c1-15(2)9-11-23-19-7-6-17(14-18(19)22(25)26)31(27,28)24-12-10-16-5-8-20(29-3)21(13-16)30-4/h5-8,13-15,23-24H,9-12H2,1-4H3,(H,25,26). The van der Waals surface area contributed by atoms with Gasteiger partial charge in [-0.05, 0) is 54.7 Å². The minimum absolute atomic E-state index is 0.0773. The molecule has 0 aliphatic carbocycles. The number of hydrogen-bond acceptors (Lipinski definition) is 6. The number of carbonyl (C=O) groups is 1. The summed E-state index contributed by atoms with van der Waals surface area (Å²) in [5, 5.41) is 12.6. The summed E-state index contributed by atoms with van der Waals surface area (Å²) in [7, 11) is -0.785. The number of sulfonamides is 1. The van der Waals surface area contributed by atoms with Crippen molar-refractivity contribution >= 4 is 21.7 Å². The van der Waals surface area contributed by atoms with E-state index in [-0.39, 0.29) is 17.0 Å². The number of rotatable bonds is 12. The number of methoxy groups -OCH3 is 2. The van der Waals surface area contributed by atoms with E-state index in [2.05, 4.69) is 23.9 Å². The van der Waals surface area contributed by atoms with Crippen LogP contribution in [-0.4, -0.2) is 46.8 Å². The largest absolute Gasteiger partial charge is 0.493 e. The summed E-state index contributed by atoms with van der Waals surface area (Å²) in [5.74, 6) is 0.439.